The van der Waals surface area contributed by atoms with Gasteiger partial charge in [0.15, 0.2) is 0 Å². The number of nitrogen functional groups attached to an aromatic ring is 1. The molecule has 0 saturated heterocycles. The second-order valence-corrected chi connectivity index (χ2v) is 4.02. The molecule has 4 heteroatoms. The molecule has 2 aromatic carbocycles. The minimum Gasteiger partial charge on any atom is -0.384 e. The largest absolute Gasteiger partial charge is 0.384 e. The molecule has 0 saturated carbocycles. The van der Waals surface area contributed by atoms with E-state index in [2.05, 4.69) is 23.4 Å². The van der Waals surface area contributed by atoms with Crippen molar-refractivity contribution in [3.63, 3.8) is 0 Å². The van der Waals surface area contributed by atoms with Gasteiger partial charge in [-0.25, -0.2) is 0 Å². The molecule has 0 aliphatic carbocycles. The summed E-state index contributed by atoms with van der Waals surface area (Å²) in [6.07, 6.45) is 0.816. The summed E-state index contributed by atoms with van der Waals surface area (Å²) in [5.74, 6) is 4.73. The van der Waals surface area contributed by atoms with Gasteiger partial charge in [-0.2, -0.15) is 0 Å². The first-order chi connectivity index (χ1) is 9.19. The highest BCUT2D eigenvalue weighted by Gasteiger charge is 2.04. The smallest absolute Gasteiger partial charge is 0.123 e. The minimum absolute atomic E-state index is 0.131. The van der Waals surface area contributed by atoms with Crippen LogP contribution in [0.25, 0.3) is 0 Å². The third kappa shape index (κ3) is 4.91. The molecule has 2 rings (SSSR count). The molecule has 2 aromatic rings. The zero-order chi connectivity index (χ0) is 14.1. The molecule has 0 radical (unpaired) electrons. The lowest BCUT2D eigenvalue weighted by molar-refractivity contribution is 0.900. The second kappa shape index (κ2) is 8.02. The fraction of sp³-hybridized carbons (Fsp3) is 0.133. The SMILES string of the molecule is CNN.N=C(N)c1ccccc1Cc1ccccc1. The van der Waals surface area contributed by atoms with Gasteiger partial charge in [-0.3, -0.25) is 16.7 Å². The quantitative estimate of drug-likeness (QED) is 0.291. The Morgan fingerprint density at radius 2 is 1.58 bits per heavy atom. The first-order valence-corrected chi connectivity index (χ1v) is 6.02. The summed E-state index contributed by atoms with van der Waals surface area (Å²) in [6.45, 7) is 0. The summed E-state index contributed by atoms with van der Waals surface area (Å²) in [7, 11) is 1.65. The van der Waals surface area contributed by atoms with Crippen molar-refractivity contribution in [2.45, 2.75) is 6.42 Å². The van der Waals surface area contributed by atoms with E-state index in [1.807, 2.05) is 42.5 Å². The van der Waals surface area contributed by atoms with Crippen molar-refractivity contribution in [2.75, 3.05) is 7.05 Å². The van der Waals surface area contributed by atoms with E-state index in [0.29, 0.717) is 0 Å². The maximum atomic E-state index is 7.52. The monoisotopic (exact) mass is 256 g/mol. The number of hydrazine groups is 1. The average molecular weight is 256 g/mol. The van der Waals surface area contributed by atoms with Crippen molar-refractivity contribution in [3.8, 4) is 0 Å². The minimum atomic E-state index is 0.131. The molecule has 100 valence electrons. The van der Waals surface area contributed by atoms with Gasteiger partial charge in [0.1, 0.15) is 5.84 Å². The third-order valence-corrected chi connectivity index (χ3v) is 2.54. The summed E-state index contributed by atoms with van der Waals surface area (Å²) >= 11 is 0. The van der Waals surface area contributed by atoms with E-state index in [-0.39, 0.29) is 5.84 Å². The predicted molar refractivity (Wildman–Crippen MR) is 80.0 cm³/mol. The molecular formula is C15H20N4. The number of nitrogens with one attached hydrogen (secondary N) is 2. The lowest BCUT2D eigenvalue weighted by atomic mass is 9.99. The molecule has 0 aliphatic rings. The molecule has 0 atom stereocenters. The van der Waals surface area contributed by atoms with Crippen LogP contribution < -0.4 is 17.0 Å². The molecule has 4 nitrogen and oxygen atoms in total. The fourth-order valence-corrected chi connectivity index (χ4v) is 1.75. The van der Waals surface area contributed by atoms with Gasteiger partial charge in [0.25, 0.3) is 0 Å². The molecule has 19 heavy (non-hydrogen) atoms. The van der Waals surface area contributed by atoms with Crippen LogP contribution in [0, 0.1) is 5.41 Å². The van der Waals surface area contributed by atoms with Crippen LogP contribution in [0.1, 0.15) is 16.7 Å². The number of nitrogens with two attached hydrogens (primary N) is 2. The van der Waals surface area contributed by atoms with Crippen LogP contribution in [0.3, 0.4) is 0 Å². The van der Waals surface area contributed by atoms with Gasteiger partial charge in [0.2, 0.25) is 0 Å². The Hall–Kier alpha value is -2.17. The Bertz CT molecular complexity index is 509. The lowest BCUT2D eigenvalue weighted by Gasteiger charge is -2.07. The fourth-order valence-electron chi connectivity index (χ4n) is 1.75. The molecule has 0 fully saturated rings. The van der Waals surface area contributed by atoms with Gasteiger partial charge in [0, 0.05) is 5.56 Å². The van der Waals surface area contributed by atoms with Gasteiger partial charge >= 0.3 is 0 Å². The van der Waals surface area contributed by atoms with Gasteiger partial charge in [-0.15, -0.1) is 0 Å². The Labute approximate surface area is 113 Å². The number of hydrogen-bond acceptors (Lipinski definition) is 3. The van der Waals surface area contributed by atoms with Gasteiger partial charge in [-0.1, -0.05) is 54.6 Å². The summed E-state index contributed by atoms with van der Waals surface area (Å²) in [6, 6.07) is 18.0. The third-order valence-electron chi connectivity index (χ3n) is 2.54. The van der Waals surface area contributed by atoms with E-state index in [1.54, 1.807) is 7.05 Å². The molecule has 0 aliphatic heterocycles. The van der Waals surface area contributed by atoms with E-state index in [4.69, 9.17) is 11.1 Å². The van der Waals surface area contributed by atoms with Crippen molar-refractivity contribution in [3.05, 3.63) is 71.3 Å². The van der Waals surface area contributed by atoms with Gasteiger partial charge in [0.05, 0.1) is 0 Å². The summed E-state index contributed by atoms with van der Waals surface area (Å²) in [4.78, 5) is 0. The topological polar surface area (TPSA) is 87.9 Å². The highest BCUT2D eigenvalue weighted by molar-refractivity contribution is 5.96. The normalized spacial score (nSPS) is 9.37. The first-order valence-electron chi connectivity index (χ1n) is 6.02. The first kappa shape index (κ1) is 14.9. The average Bonchev–Trinajstić information content (AvgIpc) is 2.41. The Balaban J connectivity index is 0.000000550. The van der Waals surface area contributed by atoms with Crippen LogP contribution in [-0.4, -0.2) is 12.9 Å². The second-order valence-electron chi connectivity index (χ2n) is 4.02. The molecular weight excluding hydrogens is 236 g/mol. The predicted octanol–water partition coefficient (Wildman–Crippen LogP) is 1.64. The van der Waals surface area contributed by atoms with Crippen LogP contribution >= 0.6 is 0 Å². The van der Waals surface area contributed by atoms with E-state index in [1.165, 1.54) is 5.56 Å². The van der Waals surface area contributed by atoms with E-state index >= 15 is 0 Å². The number of rotatable bonds is 3. The number of hydrogen-bond donors (Lipinski definition) is 4. The molecule has 0 unspecified atom stereocenters. The van der Waals surface area contributed by atoms with Gasteiger partial charge in [-0.05, 0) is 24.6 Å². The molecule has 6 N–H and O–H groups in total. The zero-order valence-corrected chi connectivity index (χ0v) is 11.1. The molecule has 0 heterocycles. The zero-order valence-electron chi connectivity index (χ0n) is 11.1. The van der Waals surface area contributed by atoms with Crippen molar-refractivity contribution in [1.29, 1.82) is 5.41 Å². The van der Waals surface area contributed by atoms with Crippen LogP contribution in [-0.2, 0) is 6.42 Å². The van der Waals surface area contributed by atoms with Gasteiger partial charge < -0.3 is 5.73 Å². The number of amidine groups is 1. The highest BCUT2D eigenvalue weighted by atomic mass is 15.2. The highest BCUT2D eigenvalue weighted by Crippen LogP contribution is 2.13. The summed E-state index contributed by atoms with van der Waals surface area (Å²) < 4.78 is 0. The standard InChI is InChI=1S/C14H14N2.CH6N2/c15-14(16)13-9-5-4-8-12(13)10-11-6-2-1-3-7-11;1-3-2/h1-9H,10H2,(H3,15,16);3H,2H2,1H3. The summed E-state index contributed by atoms with van der Waals surface area (Å²) in [5.41, 5.74) is 11.0. The molecule has 0 amide bonds. The van der Waals surface area contributed by atoms with Crippen molar-refractivity contribution < 1.29 is 0 Å². The maximum absolute atomic E-state index is 7.52. The van der Waals surface area contributed by atoms with Crippen LogP contribution in [0.2, 0.25) is 0 Å². The summed E-state index contributed by atoms with van der Waals surface area (Å²) in [5, 5.41) is 7.52. The maximum Gasteiger partial charge on any atom is 0.123 e. The Morgan fingerprint density at radius 3 is 2.16 bits per heavy atom. The van der Waals surface area contributed by atoms with Crippen molar-refractivity contribution in [1.82, 2.24) is 5.43 Å². The number of benzene rings is 2. The molecule has 0 spiro atoms. The lowest BCUT2D eigenvalue weighted by Crippen LogP contribution is -2.13. The van der Waals surface area contributed by atoms with Crippen molar-refractivity contribution in [2.24, 2.45) is 11.6 Å². The molecule has 0 bridgehead atoms. The van der Waals surface area contributed by atoms with E-state index in [9.17, 15) is 0 Å². The van der Waals surface area contributed by atoms with E-state index < -0.39 is 0 Å². The van der Waals surface area contributed by atoms with Crippen LogP contribution in [0.4, 0.5) is 0 Å². The molecule has 0 aromatic heterocycles. The Morgan fingerprint density at radius 1 is 1.05 bits per heavy atom. The van der Waals surface area contributed by atoms with Crippen LogP contribution in [0.15, 0.2) is 54.6 Å². The van der Waals surface area contributed by atoms with Crippen molar-refractivity contribution >= 4 is 5.84 Å². The van der Waals surface area contributed by atoms with Crippen LogP contribution in [0.5, 0.6) is 0 Å². The van der Waals surface area contributed by atoms with E-state index in [0.717, 1.165) is 17.5 Å². The Kier molecular flexibility index (Phi) is 6.29.